The number of nitrogens with zero attached hydrogens (tertiary/aromatic N) is 7. The summed E-state index contributed by atoms with van der Waals surface area (Å²) in [5, 5.41) is 10.1. The van der Waals surface area contributed by atoms with Crippen LogP contribution in [-0.2, 0) is 4.74 Å². The van der Waals surface area contributed by atoms with Crippen LogP contribution in [0.1, 0.15) is 102 Å². The first-order valence-corrected chi connectivity index (χ1v) is 15.0. The van der Waals surface area contributed by atoms with Crippen molar-refractivity contribution in [3.05, 3.63) is 36.0 Å². The summed E-state index contributed by atoms with van der Waals surface area (Å²) in [6.45, 7) is 9.87. The molecule has 2 aliphatic heterocycles. The SMILES string of the molecule is CC(C)n1nc(-c2noc(C3CC3)c2-c2ccc(C3C[C@H]4CC[C@@H](C3)N4C(=O)OC(C)(C)C)cn2)c2c(N)ncnc21. The molecule has 2 N–H and O–H groups in total. The van der Waals surface area contributed by atoms with Gasteiger partial charge in [-0.3, -0.25) is 4.98 Å². The van der Waals surface area contributed by atoms with E-state index in [4.69, 9.17) is 25.1 Å². The summed E-state index contributed by atoms with van der Waals surface area (Å²) in [5.41, 5.74) is 10.6. The molecule has 0 radical (unpaired) electrons. The molecule has 1 aliphatic carbocycles. The van der Waals surface area contributed by atoms with Gasteiger partial charge in [0.05, 0.1) is 16.6 Å². The quantitative estimate of drug-likeness (QED) is 0.296. The van der Waals surface area contributed by atoms with E-state index in [0.29, 0.717) is 40.1 Å². The van der Waals surface area contributed by atoms with Crippen molar-refractivity contribution >= 4 is 22.9 Å². The third-order valence-electron chi connectivity index (χ3n) is 8.75. The zero-order chi connectivity index (χ0) is 29.3. The topological polar surface area (TPSA) is 138 Å². The molecule has 42 heavy (non-hydrogen) atoms. The summed E-state index contributed by atoms with van der Waals surface area (Å²) in [6, 6.07) is 4.72. The van der Waals surface area contributed by atoms with Gasteiger partial charge < -0.3 is 19.9 Å². The number of carbonyl (C=O) groups excluding carboxylic acids is 1. The molecule has 3 atom stereocenters. The largest absolute Gasteiger partial charge is 0.444 e. The summed E-state index contributed by atoms with van der Waals surface area (Å²) in [7, 11) is 0. The van der Waals surface area contributed by atoms with Crippen LogP contribution in [0.15, 0.2) is 29.2 Å². The second-order valence-corrected chi connectivity index (χ2v) is 13.3. The van der Waals surface area contributed by atoms with Gasteiger partial charge in [0, 0.05) is 30.2 Å². The van der Waals surface area contributed by atoms with Gasteiger partial charge in [0.25, 0.3) is 0 Å². The molecule has 1 saturated carbocycles. The Bertz CT molecular complexity index is 1630. The fourth-order valence-electron chi connectivity index (χ4n) is 6.71. The molecular weight excluding hydrogens is 532 g/mol. The molecular formula is C31H38N8O3. The van der Waals surface area contributed by atoms with Gasteiger partial charge in [0.1, 0.15) is 34.9 Å². The zero-order valence-electron chi connectivity index (χ0n) is 24.9. The molecule has 3 fully saturated rings. The minimum Gasteiger partial charge on any atom is -0.444 e. The number of pyridine rings is 1. The summed E-state index contributed by atoms with van der Waals surface area (Å²) in [6.07, 6.45) is 9.25. The van der Waals surface area contributed by atoms with E-state index in [1.54, 1.807) is 0 Å². The smallest absolute Gasteiger partial charge is 0.410 e. The number of piperidine rings is 1. The first-order valence-electron chi connectivity index (χ1n) is 15.0. The van der Waals surface area contributed by atoms with Crippen LogP contribution in [0.2, 0.25) is 0 Å². The van der Waals surface area contributed by atoms with Crippen LogP contribution in [0.25, 0.3) is 33.7 Å². The molecule has 3 aliphatic rings. The zero-order valence-corrected chi connectivity index (χ0v) is 24.9. The number of rotatable bonds is 5. The van der Waals surface area contributed by atoms with E-state index in [0.717, 1.165) is 55.5 Å². The van der Waals surface area contributed by atoms with E-state index in [1.165, 1.54) is 11.9 Å². The standard InChI is InChI=1S/C31H38N8O3/c1-16(2)39-29-24(28(32)34-15-35-29)25(36-39)26-23(27(42-37-26)17-6-7-17)22-11-8-18(14-33-22)19-12-20-9-10-21(13-19)38(20)30(40)41-31(3,4)5/h8,11,14-17,19-21H,6-7,9-10,12-13H2,1-5H3,(H2,32,34,35)/t19?,20-,21+. The van der Waals surface area contributed by atoms with Crippen molar-refractivity contribution in [1.82, 2.24) is 34.8 Å². The summed E-state index contributed by atoms with van der Waals surface area (Å²) in [5.74, 6) is 1.87. The third kappa shape index (κ3) is 4.59. The van der Waals surface area contributed by atoms with Crippen molar-refractivity contribution in [2.24, 2.45) is 0 Å². The Morgan fingerprint density at radius 3 is 2.38 bits per heavy atom. The van der Waals surface area contributed by atoms with Crippen molar-refractivity contribution < 1.29 is 14.1 Å². The normalized spacial score (nSPS) is 22.3. The van der Waals surface area contributed by atoms with Gasteiger partial charge in [0.2, 0.25) is 0 Å². The predicted octanol–water partition coefficient (Wildman–Crippen LogP) is 6.23. The minimum absolute atomic E-state index is 0.0724. The number of nitrogens with two attached hydrogens (primary N) is 1. The summed E-state index contributed by atoms with van der Waals surface area (Å²) < 4.78 is 13.5. The van der Waals surface area contributed by atoms with Crippen molar-refractivity contribution in [3.8, 4) is 22.6 Å². The van der Waals surface area contributed by atoms with Gasteiger partial charge in [-0.1, -0.05) is 11.2 Å². The van der Waals surface area contributed by atoms with E-state index < -0.39 is 5.60 Å². The second kappa shape index (κ2) is 9.78. The van der Waals surface area contributed by atoms with Gasteiger partial charge >= 0.3 is 6.09 Å². The maximum absolute atomic E-state index is 12.9. The van der Waals surface area contributed by atoms with Crippen molar-refractivity contribution in [3.63, 3.8) is 0 Å². The lowest BCUT2D eigenvalue weighted by Gasteiger charge is -2.39. The van der Waals surface area contributed by atoms with Crippen LogP contribution < -0.4 is 5.73 Å². The molecule has 11 heteroatoms. The van der Waals surface area contributed by atoms with Crippen LogP contribution >= 0.6 is 0 Å². The number of anilines is 1. The van der Waals surface area contributed by atoms with E-state index in [1.807, 2.05) is 36.5 Å². The maximum Gasteiger partial charge on any atom is 0.410 e. The van der Waals surface area contributed by atoms with E-state index in [-0.39, 0.29) is 24.2 Å². The lowest BCUT2D eigenvalue weighted by molar-refractivity contribution is 0.00583. The maximum atomic E-state index is 12.9. The van der Waals surface area contributed by atoms with Crippen molar-refractivity contribution in [2.75, 3.05) is 5.73 Å². The first kappa shape index (κ1) is 26.9. The Kier molecular flexibility index (Phi) is 6.25. The molecule has 0 aromatic carbocycles. The Balaban J connectivity index is 1.21. The van der Waals surface area contributed by atoms with Gasteiger partial charge in [-0.05, 0) is 90.7 Å². The fourth-order valence-corrected chi connectivity index (χ4v) is 6.71. The second-order valence-electron chi connectivity index (χ2n) is 13.3. The Morgan fingerprint density at radius 1 is 1.02 bits per heavy atom. The van der Waals surface area contributed by atoms with Crippen LogP contribution in [0, 0.1) is 0 Å². The van der Waals surface area contributed by atoms with Crippen molar-refractivity contribution in [2.45, 2.75) is 109 Å². The average molecular weight is 571 g/mol. The number of hydrogen-bond donors (Lipinski definition) is 1. The Morgan fingerprint density at radius 2 is 1.76 bits per heavy atom. The Hall–Kier alpha value is -4.02. The van der Waals surface area contributed by atoms with Crippen LogP contribution in [-0.4, -0.2) is 58.6 Å². The van der Waals surface area contributed by atoms with Crippen LogP contribution in [0.3, 0.4) is 0 Å². The fraction of sp³-hybridized carbons (Fsp3) is 0.548. The number of nitrogen functional groups attached to an aromatic ring is 1. The number of fused-ring (bicyclic) bond motifs is 3. The van der Waals surface area contributed by atoms with Gasteiger partial charge in [-0.2, -0.15) is 5.10 Å². The molecule has 4 aromatic heterocycles. The molecule has 4 aromatic rings. The Labute approximate surface area is 244 Å². The molecule has 2 saturated heterocycles. The number of amides is 1. The first-order chi connectivity index (χ1) is 20.1. The highest BCUT2D eigenvalue weighted by Crippen LogP contribution is 2.49. The van der Waals surface area contributed by atoms with Gasteiger partial charge in [0.15, 0.2) is 5.65 Å². The van der Waals surface area contributed by atoms with Gasteiger partial charge in [-0.25, -0.2) is 19.4 Å². The predicted molar refractivity (Wildman–Crippen MR) is 158 cm³/mol. The highest BCUT2D eigenvalue weighted by molar-refractivity contribution is 6.00. The van der Waals surface area contributed by atoms with Crippen LogP contribution in [0.5, 0.6) is 0 Å². The molecule has 1 amide bonds. The average Bonchev–Trinajstić information content (AvgIpc) is 3.46. The number of carbonyl (C=O) groups is 1. The molecule has 7 rings (SSSR count). The van der Waals surface area contributed by atoms with E-state index in [2.05, 4.69) is 41.1 Å². The number of aromatic nitrogens is 6. The lowest BCUT2D eigenvalue weighted by atomic mass is 9.85. The summed E-state index contributed by atoms with van der Waals surface area (Å²) >= 11 is 0. The highest BCUT2D eigenvalue weighted by atomic mass is 16.6. The van der Waals surface area contributed by atoms with Crippen LogP contribution in [0.4, 0.5) is 10.6 Å². The summed E-state index contributed by atoms with van der Waals surface area (Å²) in [4.78, 5) is 28.6. The highest BCUT2D eigenvalue weighted by Gasteiger charge is 2.45. The molecule has 11 nitrogen and oxygen atoms in total. The lowest BCUT2D eigenvalue weighted by Crippen LogP contribution is -2.48. The van der Waals surface area contributed by atoms with Crippen molar-refractivity contribution in [1.29, 1.82) is 0 Å². The number of hydrogen-bond acceptors (Lipinski definition) is 9. The molecule has 220 valence electrons. The van der Waals surface area contributed by atoms with E-state index >= 15 is 0 Å². The minimum atomic E-state index is -0.495. The third-order valence-corrected chi connectivity index (χ3v) is 8.75. The monoisotopic (exact) mass is 570 g/mol. The molecule has 6 heterocycles. The molecule has 2 bridgehead atoms. The number of ether oxygens (including phenoxy) is 1. The molecule has 0 spiro atoms. The molecule has 1 unspecified atom stereocenters. The van der Waals surface area contributed by atoms with E-state index in [9.17, 15) is 4.79 Å². The van der Waals surface area contributed by atoms with Gasteiger partial charge in [-0.15, -0.1) is 0 Å².